The van der Waals surface area contributed by atoms with Crippen LogP contribution in [0.25, 0.3) is 0 Å². The highest BCUT2D eigenvalue weighted by Crippen LogP contribution is 2.22. The van der Waals surface area contributed by atoms with Gasteiger partial charge in [-0.05, 0) is 18.6 Å². The molecular weight excluding hydrogens is 294 g/mol. The third-order valence-corrected chi connectivity index (χ3v) is 3.05. The molecular formula is C15H12F2N2O3. The Morgan fingerprint density at radius 3 is 2.36 bits per heavy atom. The van der Waals surface area contributed by atoms with Crippen LogP contribution in [0, 0.1) is 28.7 Å². The molecule has 5 nitrogen and oxygen atoms in total. The highest BCUT2D eigenvalue weighted by atomic mass is 19.2. The van der Waals surface area contributed by atoms with Crippen molar-refractivity contribution in [2.45, 2.75) is 13.5 Å². The van der Waals surface area contributed by atoms with E-state index in [2.05, 4.69) is 5.32 Å². The number of aryl methyl sites for hydroxylation is 1. The fourth-order valence-corrected chi connectivity index (χ4v) is 1.85. The van der Waals surface area contributed by atoms with Crippen LogP contribution in [0.3, 0.4) is 0 Å². The number of carbonyl (C=O) groups is 1. The van der Waals surface area contributed by atoms with Crippen molar-refractivity contribution in [3.8, 4) is 0 Å². The van der Waals surface area contributed by atoms with Gasteiger partial charge in [0.2, 0.25) is 0 Å². The second-order valence-corrected chi connectivity index (χ2v) is 4.71. The third kappa shape index (κ3) is 3.43. The van der Waals surface area contributed by atoms with Gasteiger partial charge >= 0.3 is 0 Å². The fraction of sp³-hybridized carbons (Fsp3) is 0.133. The highest BCUT2D eigenvalue weighted by Gasteiger charge is 2.23. The molecule has 22 heavy (non-hydrogen) atoms. The summed E-state index contributed by atoms with van der Waals surface area (Å²) < 4.78 is 26.3. The van der Waals surface area contributed by atoms with Crippen LogP contribution < -0.4 is 5.32 Å². The van der Waals surface area contributed by atoms with Crippen molar-refractivity contribution in [1.29, 1.82) is 0 Å². The van der Waals surface area contributed by atoms with E-state index in [0.29, 0.717) is 12.1 Å². The zero-order valence-corrected chi connectivity index (χ0v) is 11.6. The van der Waals surface area contributed by atoms with E-state index in [1.807, 2.05) is 19.1 Å². The maximum Gasteiger partial charge on any atom is 0.285 e. The van der Waals surface area contributed by atoms with Gasteiger partial charge in [0.05, 0.1) is 11.0 Å². The molecule has 114 valence electrons. The number of nitrogens with one attached hydrogen (secondary N) is 1. The van der Waals surface area contributed by atoms with E-state index in [9.17, 15) is 23.7 Å². The number of benzene rings is 2. The molecule has 2 aromatic rings. The molecule has 2 aromatic carbocycles. The van der Waals surface area contributed by atoms with Gasteiger partial charge in [-0.1, -0.05) is 29.8 Å². The van der Waals surface area contributed by atoms with Gasteiger partial charge in [0.15, 0.2) is 11.6 Å². The summed E-state index contributed by atoms with van der Waals surface area (Å²) in [7, 11) is 0. The summed E-state index contributed by atoms with van der Waals surface area (Å²) in [5.41, 5.74) is 0.534. The summed E-state index contributed by atoms with van der Waals surface area (Å²) in [4.78, 5) is 21.9. The molecule has 0 saturated carbocycles. The van der Waals surface area contributed by atoms with E-state index in [0.717, 1.165) is 11.1 Å². The minimum atomic E-state index is -1.37. The van der Waals surface area contributed by atoms with Crippen molar-refractivity contribution < 1.29 is 18.5 Å². The van der Waals surface area contributed by atoms with Crippen molar-refractivity contribution in [1.82, 2.24) is 5.32 Å². The van der Waals surface area contributed by atoms with Gasteiger partial charge < -0.3 is 5.32 Å². The van der Waals surface area contributed by atoms with Crippen molar-refractivity contribution >= 4 is 11.6 Å². The van der Waals surface area contributed by atoms with Gasteiger partial charge in [0.1, 0.15) is 5.56 Å². The number of carbonyl (C=O) groups excluding carboxylic acids is 1. The first-order chi connectivity index (χ1) is 10.4. The lowest BCUT2D eigenvalue weighted by molar-refractivity contribution is -0.385. The van der Waals surface area contributed by atoms with E-state index in [1.165, 1.54) is 0 Å². The first-order valence-corrected chi connectivity index (χ1v) is 6.35. The first kappa shape index (κ1) is 15.6. The van der Waals surface area contributed by atoms with Crippen LogP contribution in [0.15, 0.2) is 36.4 Å². The van der Waals surface area contributed by atoms with E-state index in [1.54, 1.807) is 12.1 Å². The van der Waals surface area contributed by atoms with Crippen LogP contribution >= 0.6 is 0 Å². The largest absolute Gasteiger partial charge is 0.348 e. The summed E-state index contributed by atoms with van der Waals surface area (Å²) in [6, 6.07) is 8.20. The molecule has 2 rings (SSSR count). The standard InChI is InChI=1S/C15H12F2N2O3/c1-9-2-4-10(5-3-9)8-18-15(20)11-6-12(16)13(17)7-14(11)19(21)22/h2-7H,8H2,1H3,(H,18,20). The smallest absolute Gasteiger partial charge is 0.285 e. The Balaban J connectivity index is 2.20. The first-order valence-electron chi connectivity index (χ1n) is 6.35. The number of nitro benzene ring substituents is 1. The molecule has 0 aliphatic heterocycles. The SMILES string of the molecule is Cc1ccc(CNC(=O)c2cc(F)c(F)cc2[N+](=O)[O-])cc1. The lowest BCUT2D eigenvalue weighted by Gasteiger charge is -2.07. The number of hydrogen-bond donors (Lipinski definition) is 1. The zero-order chi connectivity index (χ0) is 16.3. The molecule has 0 fully saturated rings. The molecule has 0 saturated heterocycles. The summed E-state index contributed by atoms with van der Waals surface area (Å²) >= 11 is 0. The normalized spacial score (nSPS) is 10.3. The van der Waals surface area contributed by atoms with Crippen LogP contribution in [0.5, 0.6) is 0 Å². The van der Waals surface area contributed by atoms with Gasteiger partial charge in [-0.15, -0.1) is 0 Å². The van der Waals surface area contributed by atoms with Crippen LogP contribution in [-0.2, 0) is 6.54 Å². The summed E-state index contributed by atoms with van der Waals surface area (Å²) in [6.45, 7) is 2.03. The van der Waals surface area contributed by atoms with Crippen LogP contribution in [0.4, 0.5) is 14.5 Å². The van der Waals surface area contributed by atoms with Gasteiger partial charge in [-0.3, -0.25) is 14.9 Å². The highest BCUT2D eigenvalue weighted by molar-refractivity contribution is 5.98. The van der Waals surface area contributed by atoms with Crippen molar-refractivity contribution in [3.05, 3.63) is 74.8 Å². The van der Waals surface area contributed by atoms with Crippen LogP contribution in [-0.4, -0.2) is 10.8 Å². The van der Waals surface area contributed by atoms with Crippen molar-refractivity contribution in [2.24, 2.45) is 0 Å². The Bertz CT molecular complexity index is 730. The Morgan fingerprint density at radius 1 is 1.18 bits per heavy atom. The second kappa shape index (κ2) is 6.30. The molecule has 7 heteroatoms. The average molecular weight is 306 g/mol. The Labute approximate surface area is 124 Å². The lowest BCUT2D eigenvalue weighted by Crippen LogP contribution is -2.24. The minimum Gasteiger partial charge on any atom is -0.348 e. The number of nitrogens with zero attached hydrogens (tertiary/aromatic N) is 1. The lowest BCUT2D eigenvalue weighted by atomic mass is 10.1. The van der Waals surface area contributed by atoms with Gasteiger partial charge in [-0.2, -0.15) is 0 Å². The second-order valence-electron chi connectivity index (χ2n) is 4.71. The van der Waals surface area contributed by atoms with E-state index < -0.39 is 33.7 Å². The molecule has 1 N–H and O–H groups in total. The van der Waals surface area contributed by atoms with Crippen LogP contribution in [0.1, 0.15) is 21.5 Å². The molecule has 0 aliphatic rings. The summed E-state index contributed by atoms with van der Waals surface area (Å²) in [5.74, 6) is -3.53. The monoisotopic (exact) mass is 306 g/mol. The summed E-state index contributed by atoms with van der Waals surface area (Å²) in [5, 5.41) is 13.3. The van der Waals surface area contributed by atoms with Crippen molar-refractivity contribution in [3.63, 3.8) is 0 Å². The molecule has 0 aromatic heterocycles. The topological polar surface area (TPSA) is 72.2 Å². The number of amides is 1. The molecule has 0 heterocycles. The summed E-state index contributed by atoms with van der Waals surface area (Å²) in [6.07, 6.45) is 0. The van der Waals surface area contributed by atoms with Gasteiger partial charge in [0.25, 0.3) is 11.6 Å². The minimum absolute atomic E-state index is 0.120. The van der Waals surface area contributed by atoms with Crippen LogP contribution in [0.2, 0.25) is 0 Å². The maximum absolute atomic E-state index is 13.2. The predicted molar refractivity (Wildman–Crippen MR) is 75.4 cm³/mol. The predicted octanol–water partition coefficient (Wildman–Crippen LogP) is 3.11. The van der Waals surface area contributed by atoms with Gasteiger partial charge in [0, 0.05) is 6.54 Å². The average Bonchev–Trinajstić information content (AvgIpc) is 2.48. The molecule has 0 aliphatic carbocycles. The number of rotatable bonds is 4. The Hall–Kier alpha value is -2.83. The van der Waals surface area contributed by atoms with Crippen molar-refractivity contribution in [2.75, 3.05) is 0 Å². The molecule has 0 radical (unpaired) electrons. The molecule has 0 bridgehead atoms. The number of halogens is 2. The van der Waals surface area contributed by atoms with Gasteiger partial charge in [-0.25, -0.2) is 8.78 Å². The molecule has 0 unspecified atom stereocenters. The van der Waals surface area contributed by atoms with E-state index in [-0.39, 0.29) is 6.54 Å². The fourth-order valence-electron chi connectivity index (χ4n) is 1.85. The zero-order valence-electron chi connectivity index (χ0n) is 11.6. The number of nitro groups is 1. The van der Waals surface area contributed by atoms with E-state index in [4.69, 9.17) is 0 Å². The molecule has 1 amide bonds. The molecule has 0 spiro atoms. The Morgan fingerprint density at radius 2 is 1.77 bits per heavy atom. The quantitative estimate of drug-likeness (QED) is 0.697. The number of hydrogen-bond acceptors (Lipinski definition) is 3. The Kier molecular flexibility index (Phi) is 4.45. The van der Waals surface area contributed by atoms with E-state index >= 15 is 0 Å². The maximum atomic E-state index is 13.2. The third-order valence-electron chi connectivity index (χ3n) is 3.05. The molecule has 0 atom stereocenters.